The molecule has 0 saturated carbocycles. The number of aromatic nitrogens is 4. The van der Waals surface area contributed by atoms with Crippen molar-refractivity contribution in [1.82, 2.24) is 24.8 Å². The minimum atomic E-state index is -0.318. The Kier molecular flexibility index (Phi) is 4.56. The Labute approximate surface area is 149 Å². The molecule has 4 N–H and O–H groups in total. The lowest BCUT2D eigenvalue weighted by Crippen LogP contribution is -2.21. The second-order valence-corrected chi connectivity index (χ2v) is 7.34. The van der Waals surface area contributed by atoms with E-state index >= 15 is 0 Å². The van der Waals surface area contributed by atoms with E-state index in [1.54, 1.807) is 18.0 Å². The second kappa shape index (κ2) is 6.99. The number of fused-ring (bicyclic) bond motifs is 1. The molecular weight excluding hydrogens is 336 g/mol. The van der Waals surface area contributed by atoms with Gasteiger partial charge < -0.3 is 15.8 Å². The van der Waals surface area contributed by atoms with Gasteiger partial charge in [-0.2, -0.15) is 0 Å². The summed E-state index contributed by atoms with van der Waals surface area (Å²) in [6.45, 7) is 2.26. The predicted octanol–water partition coefficient (Wildman–Crippen LogP) is 1.52. The van der Waals surface area contributed by atoms with Gasteiger partial charge in [-0.05, 0) is 12.1 Å². The maximum atomic E-state index is 10.4. The van der Waals surface area contributed by atoms with E-state index in [1.165, 1.54) is 6.33 Å². The van der Waals surface area contributed by atoms with Gasteiger partial charge in [-0.25, -0.2) is 15.0 Å². The molecule has 0 aliphatic carbocycles. The molecule has 7 nitrogen and oxygen atoms in total. The molecule has 1 fully saturated rings. The van der Waals surface area contributed by atoms with E-state index in [4.69, 9.17) is 5.73 Å². The van der Waals surface area contributed by atoms with Gasteiger partial charge >= 0.3 is 0 Å². The van der Waals surface area contributed by atoms with Gasteiger partial charge in [0.2, 0.25) is 0 Å². The second-order valence-electron chi connectivity index (χ2n) is 6.30. The van der Waals surface area contributed by atoms with Crippen LogP contribution in [0.15, 0.2) is 41.9 Å². The van der Waals surface area contributed by atoms with Crippen molar-refractivity contribution in [2.75, 3.05) is 24.6 Å². The summed E-state index contributed by atoms with van der Waals surface area (Å²) in [6.07, 6.45) is 4.89. The summed E-state index contributed by atoms with van der Waals surface area (Å²) in [5.74, 6) is 1.55. The van der Waals surface area contributed by atoms with Crippen LogP contribution >= 0.6 is 11.8 Å². The number of anilines is 1. The zero-order valence-electron chi connectivity index (χ0n) is 13.7. The SMILES string of the molecule is Nc1ncnc2c(CN3C[C@H](CSc4ccccn4)[C@H](O)C3)c[nH]c12. The van der Waals surface area contributed by atoms with Crippen molar-refractivity contribution in [3.8, 4) is 0 Å². The molecule has 4 heterocycles. The molecule has 0 aromatic carbocycles. The predicted molar refractivity (Wildman–Crippen MR) is 98.0 cm³/mol. The molecular formula is C17H20N6OS. The van der Waals surface area contributed by atoms with E-state index in [0.29, 0.717) is 12.4 Å². The van der Waals surface area contributed by atoms with E-state index in [9.17, 15) is 5.11 Å². The highest BCUT2D eigenvalue weighted by molar-refractivity contribution is 7.99. The third-order valence-corrected chi connectivity index (χ3v) is 5.66. The lowest BCUT2D eigenvalue weighted by molar-refractivity contribution is 0.149. The molecule has 3 aromatic heterocycles. The minimum absolute atomic E-state index is 0.233. The quantitative estimate of drug-likeness (QED) is 0.595. The lowest BCUT2D eigenvalue weighted by atomic mass is 10.1. The van der Waals surface area contributed by atoms with Crippen LogP contribution in [0.4, 0.5) is 5.82 Å². The molecule has 0 bridgehead atoms. The Bertz CT molecular complexity index is 855. The van der Waals surface area contributed by atoms with E-state index in [1.807, 2.05) is 24.4 Å². The highest BCUT2D eigenvalue weighted by Crippen LogP contribution is 2.27. The number of nitrogen functional groups attached to an aromatic ring is 1. The van der Waals surface area contributed by atoms with E-state index in [2.05, 4.69) is 24.8 Å². The molecule has 0 spiro atoms. The smallest absolute Gasteiger partial charge is 0.151 e. The van der Waals surface area contributed by atoms with Crippen molar-refractivity contribution in [3.05, 3.63) is 42.5 Å². The fourth-order valence-electron chi connectivity index (χ4n) is 3.23. The van der Waals surface area contributed by atoms with Gasteiger partial charge in [-0.15, -0.1) is 11.8 Å². The number of nitrogens with one attached hydrogen (secondary N) is 1. The number of likely N-dealkylation sites (tertiary alicyclic amines) is 1. The van der Waals surface area contributed by atoms with Gasteiger partial charge in [0.1, 0.15) is 11.8 Å². The van der Waals surface area contributed by atoms with Gasteiger partial charge in [0, 0.05) is 49.3 Å². The Morgan fingerprint density at radius 2 is 2.20 bits per heavy atom. The van der Waals surface area contributed by atoms with Crippen LogP contribution in [0.3, 0.4) is 0 Å². The maximum absolute atomic E-state index is 10.4. The van der Waals surface area contributed by atoms with Crippen LogP contribution in [0, 0.1) is 5.92 Å². The first-order chi connectivity index (χ1) is 12.2. The van der Waals surface area contributed by atoms with E-state index < -0.39 is 0 Å². The third-order valence-electron chi connectivity index (χ3n) is 4.53. The number of nitrogens with zero attached hydrogens (tertiary/aromatic N) is 4. The van der Waals surface area contributed by atoms with Gasteiger partial charge in [0.25, 0.3) is 0 Å². The number of nitrogens with two attached hydrogens (primary N) is 1. The standard InChI is InChI=1S/C17H20N6OS/c18-17-16-15(21-10-22-17)11(5-20-16)6-23-7-12(13(24)8-23)9-25-14-3-1-2-4-19-14/h1-5,10,12-13,20,24H,6-9H2,(H2,18,21,22)/t12-,13-/m1/s1. The van der Waals surface area contributed by atoms with Gasteiger partial charge in [-0.3, -0.25) is 4.90 Å². The van der Waals surface area contributed by atoms with Crippen LogP contribution in [-0.2, 0) is 6.54 Å². The average molecular weight is 356 g/mol. The van der Waals surface area contributed by atoms with Crippen molar-refractivity contribution < 1.29 is 5.11 Å². The summed E-state index contributed by atoms with van der Waals surface area (Å²) in [7, 11) is 0. The first kappa shape index (κ1) is 16.3. The van der Waals surface area contributed by atoms with Crippen molar-refractivity contribution in [2.45, 2.75) is 17.7 Å². The van der Waals surface area contributed by atoms with Crippen molar-refractivity contribution in [1.29, 1.82) is 0 Å². The number of aliphatic hydroxyl groups excluding tert-OH is 1. The number of aliphatic hydroxyl groups is 1. The zero-order chi connectivity index (χ0) is 17.2. The molecule has 2 atom stereocenters. The largest absolute Gasteiger partial charge is 0.391 e. The number of hydrogen-bond acceptors (Lipinski definition) is 7. The molecule has 130 valence electrons. The van der Waals surface area contributed by atoms with Crippen LogP contribution in [0.1, 0.15) is 5.56 Å². The maximum Gasteiger partial charge on any atom is 0.151 e. The van der Waals surface area contributed by atoms with Gasteiger partial charge in [0.05, 0.1) is 16.6 Å². The summed E-state index contributed by atoms with van der Waals surface area (Å²) in [4.78, 5) is 18.1. The number of H-pyrrole nitrogens is 1. The fraction of sp³-hybridized carbons (Fsp3) is 0.353. The number of rotatable bonds is 5. The number of β-amino-alcohol motifs (C(OH)–C–C–N with tert-alkyl or cyclic N) is 1. The van der Waals surface area contributed by atoms with Crippen molar-refractivity contribution in [3.63, 3.8) is 0 Å². The van der Waals surface area contributed by atoms with Crippen LogP contribution in [0.5, 0.6) is 0 Å². The third kappa shape index (κ3) is 3.46. The molecule has 4 rings (SSSR count). The van der Waals surface area contributed by atoms with Crippen LogP contribution in [-0.4, -0.2) is 54.9 Å². The molecule has 1 saturated heterocycles. The topological polar surface area (TPSA) is 104 Å². The molecule has 0 unspecified atom stereocenters. The molecule has 3 aromatic rings. The van der Waals surface area contributed by atoms with Crippen LogP contribution < -0.4 is 5.73 Å². The van der Waals surface area contributed by atoms with E-state index in [-0.39, 0.29) is 12.0 Å². The molecule has 0 amide bonds. The molecule has 1 aliphatic heterocycles. The van der Waals surface area contributed by atoms with Crippen LogP contribution in [0.2, 0.25) is 0 Å². The van der Waals surface area contributed by atoms with Crippen molar-refractivity contribution >= 4 is 28.6 Å². The molecule has 0 radical (unpaired) electrons. The Hall–Kier alpha value is -2.16. The fourth-order valence-corrected chi connectivity index (χ4v) is 4.26. The Balaban J connectivity index is 1.40. The van der Waals surface area contributed by atoms with Gasteiger partial charge in [-0.1, -0.05) is 6.07 Å². The molecule has 25 heavy (non-hydrogen) atoms. The Morgan fingerprint density at radius 1 is 1.28 bits per heavy atom. The normalized spacial score (nSPS) is 21.2. The lowest BCUT2D eigenvalue weighted by Gasteiger charge is -2.14. The number of pyridine rings is 1. The molecule has 1 aliphatic rings. The van der Waals surface area contributed by atoms with Crippen molar-refractivity contribution in [2.24, 2.45) is 5.92 Å². The van der Waals surface area contributed by atoms with E-state index in [0.717, 1.165) is 40.5 Å². The Morgan fingerprint density at radius 3 is 3.04 bits per heavy atom. The monoisotopic (exact) mass is 356 g/mol. The van der Waals surface area contributed by atoms with Gasteiger partial charge in [0.15, 0.2) is 5.82 Å². The summed E-state index contributed by atoms with van der Waals surface area (Å²) in [6, 6.07) is 5.89. The average Bonchev–Trinajstić information content (AvgIpc) is 3.19. The first-order valence-electron chi connectivity index (χ1n) is 8.21. The number of thioether (sulfide) groups is 1. The molecule has 8 heteroatoms. The minimum Gasteiger partial charge on any atom is -0.391 e. The summed E-state index contributed by atoms with van der Waals surface area (Å²) in [5.41, 5.74) is 8.58. The number of hydrogen-bond donors (Lipinski definition) is 3. The first-order valence-corrected chi connectivity index (χ1v) is 9.20. The summed E-state index contributed by atoms with van der Waals surface area (Å²) < 4.78 is 0. The van der Waals surface area contributed by atoms with Crippen LogP contribution in [0.25, 0.3) is 11.0 Å². The zero-order valence-corrected chi connectivity index (χ0v) is 14.5. The highest BCUT2D eigenvalue weighted by Gasteiger charge is 2.31. The summed E-state index contributed by atoms with van der Waals surface area (Å²) in [5, 5.41) is 11.4. The number of aromatic amines is 1. The summed E-state index contributed by atoms with van der Waals surface area (Å²) >= 11 is 1.69. The highest BCUT2D eigenvalue weighted by atomic mass is 32.2.